The smallest absolute Gasteiger partial charge is 0.120 e. The van der Waals surface area contributed by atoms with Crippen molar-refractivity contribution >= 4 is 0 Å². The van der Waals surface area contributed by atoms with Crippen molar-refractivity contribution in [1.82, 2.24) is 10.6 Å². The normalized spacial score (nSPS) is 10.8. The van der Waals surface area contributed by atoms with Gasteiger partial charge in [0.15, 0.2) is 0 Å². The summed E-state index contributed by atoms with van der Waals surface area (Å²) in [6.07, 6.45) is 1.05. The SMILES string of the molecule is Cc1ccccc1COc1cccc(CNCCCNCCO)c1. The Kier molecular flexibility index (Phi) is 8.32. The lowest BCUT2D eigenvalue weighted by atomic mass is 10.1. The Morgan fingerprint density at radius 2 is 1.79 bits per heavy atom. The van der Waals surface area contributed by atoms with Gasteiger partial charge in [-0.2, -0.15) is 0 Å². The number of hydrogen-bond donors (Lipinski definition) is 3. The number of aliphatic hydroxyl groups is 1. The van der Waals surface area contributed by atoms with E-state index in [1.54, 1.807) is 0 Å². The van der Waals surface area contributed by atoms with Gasteiger partial charge in [0.25, 0.3) is 0 Å². The molecule has 0 heterocycles. The first-order valence-electron chi connectivity index (χ1n) is 8.58. The van der Waals surface area contributed by atoms with Crippen LogP contribution in [0.4, 0.5) is 0 Å². The highest BCUT2D eigenvalue weighted by Gasteiger charge is 2.00. The number of rotatable bonds is 11. The number of ether oxygens (including phenoxy) is 1. The van der Waals surface area contributed by atoms with Crippen molar-refractivity contribution < 1.29 is 9.84 Å². The van der Waals surface area contributed by atoms with Gasteiger partial charge < -0.3 is 20.5 Å². The lowest BCUT2D eigenvalue weighted by Crippen LogP contribution is -2.23. The minimum absolute atomic E-state index is 0.197. The summed E-state index contributed by atoms with van der Waals surface area (Å²) in [6.45, 7) is 6.28. The number of benzene rings is 2. The van der Waals surface area contributed by atoms with Crippen LogP contribution in [0.2, 0.25) is 0 Å². The van der Waals surface area contributed by atoms with E-state index >= 15 is 0 Å². The van der Waals surface area contributed by atoms with E-state index < -0.39 is 0 Å². The second-order valence-electron chi connectivity index (χ2n) is 5.87. The molecule has 2 aromatic carbocycles. The zero-order valence-corrected chi connectivity index (χ0v) is 14.4. The Labute approximate surface area is 144 Å². The largest absolute Gasteiger partial charge is 0.489 e. The summed E-state index contributed by atoms with van der Waals surface area (Å²) in [5.74, 6) is 0.905. The van der Waals surface area contributed by atoms with Crippen LogP contribution in [0.5, 0.6) is 5.75 Å². The van der Waals surface area contributed by atoms with Crippen molar-refractivity contribution in [3.63, 3.8) is 0 Å². The fourth-order valence-corrected chi connectivity index (χ4v) is 2.45. The maximum absolute atomic E-state index is 8.69. The van der Waals surface area contributed by atoms with Crippen molar-refractivity contribution in [1.29, 1.82) is 0 Å². The van der Waals surface area contributed by atoms with Gasteiger partial charge in [-0.25, -0.2) is 0 Å². The third-order valence-corrected chi connectivity index (χ3v) is 3.88. The lowest BCUT2D eigenvalue weighted by molar-refractivity contribution is 0.292. The first-order chi connectivity index (χ1) is 11.8. The topological polar surface area (TPSA) is 53.5 Å². The maximum atomic E-state index is 8.69. The molecule has 4 nitrogen and oxygen atoms in total. The third kappa shape index (κ3) is 6.71. The van der Waals surface area contributed by atoms with Crippen LogP contribution in [0.1, 0.15) is 23.1 Å². The Morgan fingerprint density at radius 3 is 2.62 bits per heavy atom. The van der Waals surface area contributed by atoms with Crippen LogP contribution in [0, 0.1) is 6.92 Å². The number of aryl methyl sites for hydroxylation is 1. The molecule has 0 aromatic heterocycles. The van der Waals surface area contributed by atoms with E-state index in [9.17, 15) is 0 Å². The zero-order valence-electron chi connectivity index (χ0n) is 14.4. The average Bonchev–Trinajstić information content (AvgIpc) is 2.61. The Balaban J connectivity index is 1.72. The Bertz CT molecular complexity index is 602. The molecule has 0 aliphatic rings. The van der Waals surface area contributed by atoms with E-state index in [4.69, 9.17) is 9.84 Å². The molecule has 0 fully saturated rings. The van der Waals surface area contributed by atoms with Gasteiger partial charge in [-0.15, -0.1) is 0 Å². The van der Waals surface area contributed by atoms with Gasteiger partial charge in [0.1, 0.15) is 12.4 Å². The molecule has 0 aliphatic heterocycles. The third-order valence-electron chi connectivity index (χ3n) is 3.88. The molecular formula is C20H28N2O2. The fourth-order valence-electron chi connectivity index (χ4n) is 2.45. The first kappa shape index (κ1) is 18.5. The number of nitrogens with one attached hydrogen (secondary N) is 2. The number of aliphatic hydroxyl groups excluding tert-OH is 1. The maximum Gasteiger partial charge on any atom is 0.120 e. The minimum atomic E-state index is 0.197. The van der Waals surface area contributed by atoms with Gasteiger partial charge in [-0.3, -0.25) is 0 Å². The molecule has 2 rings (SSSR count). The molecule has 0 radical (unpaired) electrons. The predicted molar refractivity (Wildman–Crippen MR) is 98.2 cm³/mol. The van der Waals surface area contributed by atoms with E-state index in [0.29, 0.717) is 13.2 Å². The molecule has 2 aromatic rings. The van der Waals surface area contributed by atoms with E-state index in [1.807, 2.05) is 24.3 Å². The molecule has 130 valence electrons. The molecule has 0 saturated carbocycles. The molecule has 0 bridgehead atoms. The molecule has 0 amide bonds. The quantitative estimate of drug-likeness (QED) is 0.555. The van der Waals surface area contributed by atoms with Gasteiger partial charge in [0.05, 0.1) is 6.61 Å². The second-order valence-corrected chi connectivity index (χ2v) is 5.87. The number of hydrogen-bond acceptors (Lipinski definition) is 4. The summed E-state index contributed by atoms with van der Waals surface area (Å²) in [4.78, 5) is 0. The van der Waals surface area contributed by atoms with Crippen LogP contribution < -0.4 is 15.4 Å². The summed E-state index contributed by atoms with van der Waals surface area (Å²) in [5, 5.41) is 15.3. The summed E-state index contributed by atoms with van der Waals surface area (Å²) >= 11 is 0. The van der Waals surface area contributed by atoms with Crippen molar-refractivity contribution in [2.45, 2.75) is 26.5 Å². The summed E-state index contributed by atoms with van der Waals surface area (Å²) < 4.78 is 5.92. The van der Waals surface area contributed by atoms with E-state index in [2.05, 4.69) is 41.8 Å². The molecular weight excluding hydrogens is 300 g/mol. The Morgan fingerprint density at radius 1 is 0.958 bits per heavy atom. The molecule has 24 heavy (non-hydrogen) atoms. The second kappa shape index (κ2) is 10.8. The van der Waals surface area contributed by atoms with Gasteiger partial charge in [0.2, 0.25) is 0 Å². The fraction of sp³-hybridized carbons (Fsp3) is 0.400. The van der Waals surface area contributed by atoms with Crippen molar-refractivity contribution in [3.8, 4) is 5.75 Å². The van der Waals surface area contributed by atoms with Crippen LogP contribution in [0.3, 0.4) is 0 Å². The van der Waals surface area contributed by atoms with Gasteiger partial charge >= 0.3 is 0 Å². The molecule has 3 N–H and O–H groups in total. The highest BCUT2D eigenvalue weighted by molar-refractivity contribution is 5.30. The Hall–Kier alpha value is -1.88. The van der Waals surface area contributed by atoms with Crippen LogP contribution in [0.25, 0.3) is 0 Å². The highest BCUT2D eigenvalue weighted by Crippen LogP contribution is 2.16. The molecule has 0 atom stereocenters. The molecule has 0 aliphatic carbocycles. The van der Waals surface area contributed by atoms with Crippen LogP contribution in [-0.4, -0.2) is 31.3 Å². The lowest BCUT2D eigenvalue weighted by Gasteiger charge is -2.10. The first-order valence-corrected chi connectivity index (χ1v) is 8.58. The zero-order chi connectivity index (χ0) is 17.0. The monoisotopic (exact) mass is 328 g/mol. The summed E-state index contributed by atoms with van der Waals surface area (Å²) in [5.41, 5.74) is 3.70. The van der Waals surface area contributed by atoms with Crippen LogP contribution in [0.15, 0.2) is 48.5 Å². The molecule has 4 heteroatoms. The highest BCUT2D eigenvalue weighted by atomic mass is 16.5. The van der Waals surface area contributed by atoms with E-state index in [0.717, 1.165) is 31.8 Å². The van der Waals surface area contributed by atoms with Gasteiger partial charge in [-0.05, 0) is 55.3 Å². The predicted octanol–water partition coefficient (Wildman–Crippen LogP) is 2.64. The molecule has 0 unspecified atom stereocenters. The minimum Gasteiger partial charge on any atom is -0.489 e. The summed E-state index contributed by atoms with van der Waals surface area (Å²) in [7, 11) is 0. The van der Waals surface area contributed by atoms with E-state index in [1.165, 1.54) is 16.7 Å². The molecule has 0 saturated heterocycles. The van der Waals surface area contributed by atoms with Crippen molar-refractivity contribution in [2.75, 3.05) is 26.2 Å². The summed E-state index contributed by atoms with van der Waals surface area (Å²) in [6, 6.07) is 16.5. The van der Waals surface area contributed by atoms with Crippen LogP contribution in [-0.2, 0) is 13.2 Å². The van der Waals surface area contributed by atoms with Gasteiger partial charge in [0, 0.05) is 13.1 Å². The van der Waals surface area contributed by atoms with Crippen LogP contribution >= 0.6 is 0 Å². The van der Waals surface area contributed by atoms with Gasteiger partial charge in [-0.1, -0.05) is 36.4 Å². The van der Waals surface area contributed by atoms with E-state index in [-0.39, 0.29) is 6.61 Å². The average molecular weight is 328 g/mol. The standard InChI is InChI=1S/C20H28N2O2/c1-17-6-2-3-8-19(17)16-24-20-9-4-7-18(14-20)15-22-11-5-10-21-12-13-23/h2-4,6-9,14,21-23H,5,10-13,15-16H2,1H3. The molecule has 0 spiro atoms. The van der Waals surface area contributed by atoms with Crippen molar-refractivity contribution in [2.24, 2.45) is 0 Å². The van der Waals surface area contributed by atoms with Crippen molar-refractivity contribution in [3.05, 3.63) is 65.2 Å².